The molecule has 0 bridgehead atoms. The minimum Gasteiger partial charge on any atom is -0.548 e. The molecule has 3 unspecified atom stereocenters. The van der Waals surface area contributed by atoms with Gasteiger partial charge in [0.15, 0.2) is 0 Å². The molecule has 0 saturated carbocycles. The van der Waals surface area contributed by atoms with E-state index in [2.05, 4.69) is 10.6 Å². The zero-order chi connectivity index (χ0) is 15.5. The van der Waals surface area contributed by atoms with Crippen LogP contribution in [0.3, 0.4) is 0 Å². The van der Waals surface area contributed by atoms with Gasteiger partial charge in [-0.1, -0.05) is 0 Å². The van der Waals surface area contributed by atoms with E-state index < -0.39 is 48.0 Å². The summed E-state index contributed by atoms with van der Waals surface area (Å²) in [6.07, 6.45) is -0.669. The molecule has 1 rings (SSSR count). The summed E-state index contributed by atoms with van der Waals surface area (Å²) in [5.41, 5.74) is -1.83. The molecule has 1 saturated heterocycles. The third-order valence-electron chi connectivity index (χ3n) is 3.03. The predicted octanol–water partition coefficient (Wildman–Crippen LogP) is -10.9. The summed E-state index contributed by atoms with van der Waals surface area (Å²) in [6, 6.07) is -2.76. The number of hydrogen-bond acceptors (Lipinski definition) is 8. The van der Waals surface area contributed by atoms with Crippen LogP contribution in [-0.4, -0.2) is 58.3 Å². The van der Waals surface area contributed by atoms with E-state index in [1.165, 1.54) is 0 Å². The monoisotopic (exact) mass is 334 g/mol. The van der Waals surface area contributed by atoms with E-state index in [9.17, 15) is 29.4 Å². The Morgan fingerprint density at radius 1 is 1.18 bits per heavy atom. The molecule has 4 N–H and O–H groups in total. The van der Waals surface area contributed by atoms with Gasteiger partial charge >= 0.3 is 71.1 Å². The number of aliphatic carboxylic acids is 4. The van der Waals surface area contributed by atoms with Gasteiger partial charge in [-0.2, -0.15) is 0 Å². The summed E-state index contributed by atoms with van der Waals surface area (Å²) >= 11 is 0. The standard InChI is InChI=1S/C10H14N2O8.2Na/c13-5(14)3-11-4(7(15)16)1-2-10(9(19)20)6(12-10)8(17)18;;/h4,6,11-12H,1-3H2,(H,13,14)(H,15,16)(H,17,18)(H,19,20);;/q;2*+1/p-2. The van der Waals surface area contributed by atoms with Gasteiger partial charge in [-0.3, -0.25) is 20.2 Å². The Morgan fingerprint density at radius 3 is 2.05 bits per heavy atom. The molecule has 12 heteroatoms. The summed E-state index contributed by atoms with van der Waals surface area (Å²) in [6.45, 7) is -0.646. The molecule has 10 nitrogen and oxygen atoms in total. The van der Waals surface area contributed by atoms with Crippen LogP contribution in [-0.2, 0) is 19.2 Å². The van der Waals surface area contributed by atoms with Crippen molar-refractivity contribution < 1.29 is 98.7 Å². The van der Waals surface area contributed by atoms with Crippen molar-refractivity contribution in [2.45, 2.75) is 30.5 Å². The van der Waals surface area contributed by atoms with E-state index >= 15 is 0 Å². The fourth-order valence-electron chi connectivity index (χ4n) is 1.87. The van der Waals surface area contributed by atoms with Gasteiger partial charge in [0.1, 0.15) is 6.04 Å². The first-order valence-electron chi connectivity index (χ1n) is 5.58. The fourth-order valence-corrected chi connectivity index (χ4v) is 1.87. The van der Waals surface area contributed by atoms with Gasteiger partial charge in [0, 0.05) is 6.04 Å². The Labute approximate surface area is 169 Å². The number of nitrogens with one attached hydrogen (secondary N) is 2. The maximum Gasteiger partial charge on any atom is 1.00 e. The van der Waals surface area contributed by atoms with Gasteiger partial charge in [-0.05, 0) is 12.8 Å². The van der Waals surface area contributed by atoms with E-state index in [4.69, 9.17) is 10.2 Å². The molecule has 112 valence electrons. The van der Waals surface area contributed by atoms with Crippen molar-refractivity contribution in [1.29, 1.82) is 0 Å². The zero-order valence-electron chi connectivity index (χ0n) is 12.1. The van der Waals surface area contributed by atoms with Crippen LogP contribution in [0.1, 0.15) is 12.8 Å². The van der Waals surface area contributed by atoms with Crippen LogP contribution < -0.4 is 80.0 Å². The summed E-state index contributed by atoms with van der Waals surface area (Å²) in [7, 11) is 0. The summed E-state index contributed by atoms with van der Waals surface area (Å²) in [5.74, 6) is -5.94. The number of hydrogen-bond donors (Lipinski definition) is 4. The van der Waals surface area contributed by atoms with Crippen molar-refractivity contribution in [3.05, 3.63) is 0 Å². The molecule has 0 radical (unpaired) electrons. The van der Waals surface area contributed by atoms with Crippen LogP contribution in [0.25, 0.3) is 0 Å². The van der Waals surface area contributed by atoms with E-state index in [-0.39, 0.29) is 72.0 Å². The van der Waals surface area contributed by atoms with Gasteiger partial charge in [-0.15, -0.1) is 0 Å². The van der Waals surface area contributed by atoms with Crippen molar-refractivity contribution in [2.24, 2.45) is 0 Å². The minimum absolute atomic E-state index is 0. The number of rotatable bonds is 9. The first-order valence-corrected chi connectivity index (χ1v) is 5.58. The van der Waals surface area contributed by atoms with Crippen molar-refractivity contribution in [1.82, 2.24) is 10.6 Å². The fraction of sp³-hybridized carbons (Fsp3) is 0.600. The van der Waals surface area contributed by atoms with Gasteiger partial charge < -0.3 is 30.0 Å². The zero-order valence-corrected chi connectivity index (χ0v) is 16.1. The Hall–Kier alpha value is -0.200. The van der Waals surface area contributed by atoms with Crippen LogP contribution in [0.2, 0.25) is 0 Å². The normalized spacial score (nSPS) is 23.4. The Kier molecular flexibility index (Phi) is 10.8. The van der Waals surface area contributed by atoms with Crippen molar-refractivity contribution in [3.8, 4) is 0 Å². The van der Waals surface area contributed by atoms with Crippen molar-refractivity contribution >= 4 is 23.9 Å². The van der Waals surface area contributed by atoms with Crippen LogP contribution >= 0.6 is 0 Å². The topological polar surface area (TPSA) is 189 Å². The minimum atomic E-state index is -1.83. The summed E-state index contributed by atoms with van der Waals surface area (Å²) < 4.78 is 0. The smallest absolute Gasteiger partial charge is 0.548 e. The van der Waals surface area contributed by atoms with Gasteiger partial charge in [0.2, 0.25) is 0 Å². The van der Waals surface area contributed by atoms with Gasteiger partial charge in [0.05, 0.1) is 24.0 Å². The molecule has 3 atom stereocenters. The Bertz CT molecular complexity index is 460. The van der Waals surface area contributed by atoms with Crippen molar-refractivity contribution in [3.63, 3.8) is 0 Å². The first-order chi connectivity index (χ1) is 9.20. The Morgan fingerprint density at radius 2 is 1.73 bits per heavy atom. The van der Waals surface area contributed by atoms with Crippen LogP contribution in [0.5, 0.6) is 0 Å². The largest absolute Gasteiger partial charge is 1.00 e. The molecule has 1 heterocycles. The summed E-state index contributed by atoms with van der Waals surface area (Å²) in [4.78, 5) is 42.7. The van der Waals surface area contributed by atoms with Gasteiger partial charge in [-0.25, -0.2) is 0 Å². The quantitative estimate of drug-likeness (QED) is 0.233. The number of carboxylic acid groups (broad SMARTS) is 4. The molecule has 1 aliphatic heterocycles. The number of carbonyl (C=O) groups is 4. The molecule has 0 spiro atoms. The second-order valence-electron chi connectivity index (χ2n) is 4.36. The number of carboxylic acids is 4. The van der Waals surface area contributed by atoms with E-state index in [0.717, 1.165) is 0 Å². The molecule has 1 aliphatic rings. The van der Waals surface area contributed by atoms with E-state index in [1.54, 1.807) is 0 Å². The molecule has 0 aromatic heterocycles. The average molecular weight is 334 g/mol. The molecule has 1 fully saturated rings. The molecule has 0 aliphatic carbocycles. The van der Waals surface area contributed by atoms with E-state index in [1.807, 2.05) is 0 Å². The van der Waals surface area contributed by atoms with Crippen LogP contribution in [0, 0.1) is 0 Å². The SMILES string of the molecule is O=C(O)CNC(CCC1(C(=O)[O-])NC1C(=O)O)C(=O)[O-].[Na+].[Na+]. The van der Waals surface area contributed by atoms with Crippen LogP contribution in [0.15, 0.2) is 0 Å². The first kappa shape index (κ1) is 24.1. The van der Waals surface area contributed by atoms with Crippen LogP contribution in [0.4, 0.5) is 0 Å². The third-order valence-corrected chi connectivity index (χ3v) is 3.03. The average Bonchev–Trinajstić information content (AvgIpc) is 3.04. The van der Waals surface area contributed by atoms with Crippen molar-refractivity contribution in [2.75, 3.05) is 6.54 Å². The Balaban J connectivity index is 0. The summed E-state index contributed by atoms with van der Waals surface area (Å²) in [5, 5.41) is 43.2. The molecule has 0 aromatic carbocycles. The maximum absolute atomic E-state index is 10.9. The molecular weight excluding hydrogens is 322 g/mol. The molecule has 0 aromatic rings. The predicted molar refractivity (Wildman–Crippen MR) is 56.0 cm³/mol. The van der Waals surface area contributed by atoms with Gasteiger partial charge in [0.25, 0.3) is 0 Å². The number of carbonyl (C=O) groups excluding carboxylic acids is 2. The van der Waals surface area contributed by atoms with E-state index in [0.29, 0.717) is 0 Å². The molecular formula is C10H12N2Na2O8. The maximum atomic E-state index is 10.9. The molecule has 22 heavy (non-hydrogen) atoms. The second-order valence-corrected chi connectivity index (χ2v) is 4.36. The third kappa shape index (κ3) is 6.13. The second kappa shape index (κ2) is 9.83. The molecule has 0 amide bonds.